The van der Waals surface area contributed by atoms with Crippen molar-refractivity contribution in [1.29, 1.82) is 0 Å². The molecule has 0 amide bonds. The Morgan fingerprint density at radius 3 is 2.29 bits per heavy atom. The van der Waals surface area contributed by atoms with Crippen LogP contribution in [0.1, 0.15) is 11.8 Å². The summed E-state index contributed by atoms with van der Waals surface area (Å²) in [4.78, 5) is 14.2. The van der Waals surface area contributed by atoms with E-state index < -0.39 is 5.97 Å². The van der Waals surface area contributed by atoms with Gasteiger partial charge in [0.25, 0.3) is 0 Å². The maximum absolute atomic E-state index is 12.5. The van der Waals surface area contributed by atoms with Crippen LogP contribution in [0.5, 0.6) is 0 Å². The predicted molar refractivity (Wildman–Crippen MR) is 118 cm³/mol. The lowest BCUT2D eigenvalue weighted by Crippen LogP contribution is -2.28. The van der Waals surface area contributed by atoms with E-state index >= 15 is 0 Å². The van der Waals surface area contributed by atoms with Crippen LogP contribution in [-0.4, -0.2) is 23.4 Å². The molecule has 5 nitrogen and oxygen atoms in total. The molecule has 0 spiro atoms. The zero-order valence-corrected chi connectivity index (χ0v) is 16.8. The molecule has 3 aromatic rings. The van der Waals surface area contributed by atoms with Crippen molar-refractivity contribution in [2.45, 2.75) is 6.92 Å². The normalized spacial score (nSPS) is 11.1. The van der Waals surface area contributed by atoms with E-state index in [1.807, 2.05) is 66.7 Å². The summed E-state index contributed by atoms with van der Waals surface area (Å²) >= 11 is 6.28. The number of esters is 1. The highest BCUT2D eigenvalue weighted by atomic mass is 32.1. The number of hydrogen-bond donors (Lipinski definition) is 2. The second kappa shape index (κ2) is 9.25. The van der Waals surface area contributed by atoms with Crippen molar-refractivity contribution in [3.05, 3.63) is 71.6 Å². The molecule has 3 N–H and O–H groups in total. The van der Waals surface area contributed by atoms with Crippen molar-refractivity contribution < 1.29 is 9.53 Å². The van der Waals surface area contributed by atoms with Crippen molar-refractivity contribution in [3.8, 4) is 21.6 Å². The fraction of sp³-hybridized carbons (Fsp3) is 0.0952. The summed E-state index contributed by atoms with van der Waals surface area (Å²) in [5, 5.41) is 4.07. The quantitative estimate of drug-likeness (QED) is 0.276. The van der Waals surface area contributed by atoms with Gasteiger partial charge < -0.3 is 10.5 Å². The number of ether oxygens (including phenoxy) is 1. The Bertz CT molecular complexity index is 942. The van der Waals surface area contributed by atoms with E-state index in [2.05, 4.69) is 10.5 Å². The third kappa shape index (κ3) is 4.62. The largest absolute Gasteiger partial charge is 0.461 e. The van der Waals surface area contributed by atoms with Gasteiger partial charge in [-0.1, -0.05) is 60.7 Å². The average molecular weight is 410 g/mol. The summed E-state index contributed by atoms with van der Waals surface area (Å²) in [6, 6.07) is 22.0. The smallest absolute Gasteiger partial charge is 0.360 e. The number of nitrogens with one attached hydrogen (secondary N) is 1. The first-order valence-electron chi connectivity index (χ1n) is 8.65. The molecule has 0 atom stereocenters. The predicted octanol–water partition coefficient (Wildman–Crippen LogP) is 4.18. The van der Waals surface area contributed by atoms with Crippen LogP contribution in [0.25, 0.3) is 21.6 Å². The average Bonchev–Trinajstić information content (AvgIpc) is 3.14. The molecule has 0 unspecified atom stereocenters. The Morgan fingerprint density at radius 1 is 1.11 bits per heavy atom. The molecule has 142 valence electrons. The van der Waals surface area contributed by atoms with Crippen LogP contribution in [-0.2, 0) is 9.53 Å². The van der Waals surface area contributed by atoms with E-state index in [9.17, 15) is 4.79 Å². The number of benzene rings is 2. The van der Waals surface area contributed by atoms with E-state index in [0.29, 0.717) is 4.88 Å². The van der Waals surface area contributed by atoms with Crippen LogP contribution >= 0.6 is 23.6 Å². The molecule has 1 heterocycles. The first-order valence-corrected chi connectivity index (χ1v) is 9.88. The number of hydrogen-bond acceptors (Lipinski definition) is 5. The van der Waals surface area contributed by atoms with Crippen LogP contribution in [0, 0.1) is 0 Å². The van der Waals surface area contributed by atoms with Crippen LogP contribution < -0.4 is 11.2 Å². The Balaban J connectivity index is 2.15. The second-order valence-electron chi connectivity index (χ2n) is 5.74. The Labute approximate surface area is 172 Å². The van der Waals surface area contributed by atoms with Crippen molar-refractivity contribution >= 4 is 40.3 Å². The van der Waals surface area contributed by atoms with Gasteiger partial charge in [0.15, 0.2) is 10.8 Å². The minimum atomic E-state index is -0.535. The molecule has 0 saturated heterocycles. The molecule has 0 aliphatic carbocycles. The topological polar surface area (TPSA) is 76.7 Å². The molecule has 28 heavy (non-hydrogen) atoms. The second-order valence-corrected chi connectivity index (χ2v) is 7.23. The van der Waals surface area contributed by atoms with Crippen molar-refractivity contribution in [3.63, 3.8) is 0 Å². The van der Waals surface area contributed by atoms with Crippen LogP contribution in [0.3, 0.4) is 0 Å². The SMILES string of the molecule is CCOC(=O)C(=NNC(N)=S)c1cc(-c2ccccc2)c(-c2ccccc2)s1. The first kappa shape index (κ1) is 19.7. The van der Waals surface area contributed by atoms with Crippen LogP contribution in [0.4, 0.5) is 0 Å². The Kier molecular flexibility index (Phi) is 6.52. The standard InChI is InChI=1S/C21H19N3O2S2/c1-2-26-20(25)18(23-24-21(22)27)17-13-16(14-9-5-3-6-10-14)19(28-17)15-11-7-4-8-12-15/h3-13H,2H2,1H3,(H3,22,24,27). The summed E-state index contributed by atoms with van der Waals surface area (Å²) in [5.74, 6) is -0.535. The Morgan fingerprint density at radius 2 is 1.71 bits per heavy atom. The molecule has 0 aliphatic rings. The van der Waals surface area contributed by atoms with Crippen LogP contribution in [0.15, 0.2) is 71.8 Å². The number of nitrogens with two attached hydrogens (primary N) is 1. The number of thiophene rings is 1. The van der Waals surface area contributed by atoms with Crippen molar-refractivity contribution in [2.24, 2.45) is 10.8 Å². The van der Waals surface area contributed by atoms with Gasteiger partial charge in [-0.3, -0.25) is 5.43 Å². The van der Waals surface area contributed by atoms with E-state index in [1.54, 1.807) is 6.92 Å². The lowest BCUT2D eigenvalue weighted by atomic mass is 10.0. The summed E-state index contributed by atoms with van der Waals surface area (Å²) in [6.07, 6.45) is 0. The number of hydrazone groups is 1. The highest BCUT2D eigenvalue weighted by molar-refractivity contribution is 7.80. The van der Waals surface area contributed by atoms with Gasteiger partial charge in [0.1, 0.15) is 0 Å². The molecular formula is C21H19N3O2S2. The minimum absolute atomic E-state index is 0.0232. The maximum Gasteiger partial charge on any atom is 0.360 e. The molecule has 7 heteroatoms. The van der Waals surface area contributed by atoms with Crippen molar-refractivity contribution in [2.75, 3.05) is 6.61 Å². The summed E-state index contributed by atoms with van der Waals surface area (Å²) in [6.45, 7) is 1.99. The van der Waals surface area contributed by atoms with Gasteiger partial charge in [-0.15, -0.1) is 11.3 Å². The fourth-order valence-corrected chi connectivity index (χ4v) is 3.86. The van der Waals surface area contributed by atoms with Gasteiger partial charge in [0.2, 0.25) is 0 Å². The molecule has 0 saturated carbocycles. The summed E-state index contributed by atoms with van der Waals surface area (Å²) in [5.41, 5.74) is 11.2. The van der Waals surface area contributed by atoms with Gasteiger partial charge in [-0.25, -0.2) is 4.79 Å². The number of thiocarbonyl (C=S) groups is 1. The molecular weight excluding hydrogens is 390 g/mol. The van der Waals surface area contributed by atoms with E-state index in [-0.39, 0.29) is 17.4 Å². The van der Waals surface area contributed by atoms with E-state index in [1.165, 1.54) is 11.3 Å². The third-order valence-corrected chi connectivity index (χ3v) is 5.12. The zero-order chi connectivity index (χ0) is 19.9. The molecule has 3 rings (SSSR count). The molecule has 1 aromatic heterocycles. The molecule has 2 aromatic carbocycles. The lowest BCUT2D eigenvalue weighted by molar-refractivity contribution is -0.134. The fourth-order valence-electron chi connectivity index (χ4n) is 2.66. The zero-order valence-electron chi connectivity index (χ0n) is 15.2. The van der Waals surface area contributed by atoms with Gasteiger partial charge in [-0.05, 0) is 36.3 Å². The molecule has 0 bridgehead atoms. The summed E-state index contributed by atoms with van der Waals surface area (Å²) in [7, 11) is 0. The van der Waals surface area contributed by atoms with Gasteiger partial charge >= 0.3 is 5.97 Å². The van der Waals surface area contributed by atoms with E-state index in [4.69, 9.17) is 22.7 Å². The number of rotatable bonds is 6. The maximum atomic E-state index is 12.5. The Hall–Kier alpha value is -3.03. The lowest BCUT2D eigenvalue weighted by Gasteiger charge is -2.04. The van der Waals surface area contributed by atoms with E-state index in [0.717, 1.165) is 21.6 Å². The van der Waals surface area contributed by atoms with Gasteiger partial charge in [0, 0.05) is 10.4 Å². The number of carbonyl (C=O) groups is 1. The summed E-state index contributed by atoms with van der Waals surface area (Å²) < 4.78 is 5.16. The van der Waals surface area contributed by atoms with Crippen LogP contribution in [0.2, 0.25) is 0 Å². The van der Waals surface area contributed by atoms with Gasteiger partial charge in [-0.2, -0.15) is 5.10 Å². The van der Waals surface area contributed by atoms with Crippen molar-refractivity contribution in [1.82, 2.24) is 5.43 Å². The number of nitrogens with zero attached hydrogens (tertiary/aromatic N) is 1. The highest BCUT2D eigenvalue weighted by Crippen LogP contribution is 2.39. The molecule has 0 radical (unpaired) electrons. The molecule has 0 aliphatic heterocycles. The monoisotopic (exact) mass is 409 g/mol. The first-order chi connectivity index (χ1) is 13.6. The van der Waals surface area contributed by atoms with Gasteiger partial charge in [0.05, 0.1) is 11.5 Å². The highest BCUT2D eigenvalue weighted by Gasteiger charge is 2.22. The minimum Gasteiger partial charge on any atom is -0.461 e. The number of carbonyl (C=O) groups excluding carboxylic acids is 1. The molecule has 0 fully saturated rings. The third-order valence-electron chi connectivity index (χ3n) is 3.83.